The van der Waals surface area contributed by atoms with Crippen molar-refractivity contribution in [2.45, 2.75) is 85.0 Å². The van der Waals surface area contributed by atoms with Crippen LogP contribution in [0.1, 0.15) is 85.0 Å². The molecule has 0 aliphatic carbocycles. The number of pyridine rings is 1. The Morgan fingerprint density at radius 1 is 0.700 bits per heavy atom. The van der Waals surface area contributed by atoms with Gasteiger partial charge in [-0.25, -0.2) is 0 Å². The highest BCUT2D eigenvalue weighted by molar-refractivity contribution is 5.88. The summed E-state index contributed by atoms with van der Waals surface area (Å²) in [6.07, 6.45) is 11.0. The number of aromatic amines is 1. The first-order chi connectivity index (χ1) is 14.7. The van der Waals surface area contributed by atoms with Crippen LogP contribution in [0.2, 0.25) is 0 Å². The molecular weight excluding hydrogens is 378 g/mol. The van der Waals surface area contributed by atoms with Gasteiger partial charge in [-0.15, -0.1) is 0 Å². The molecule has 2 rings (SSSR count). The molecule has 2 aromatic rings. The molecule has 1 aromatic heterocycles. The summed E-state index contributed by atoms with van der Waals surface area (Å²) in [6.45, 7) is 8.27. The first kappa shape index (κ1) is 24.1. The van der Waals surface area contributed by atoms with Crippen LogP contribution in [0.25, 0.3) is 10.9 Å². The van der Waals surface area contributed by atoms with Gasteiger partial charge in [0.1, 0.15) is 5.75 Å². The predicted molar refractivity (Wildman–Crippen MR) is 124 cm³/mol. The molecular formula is C25H39NO4. The summed E-state index contributed by atoms with van der Waals surface area (Å²) < 4.78 is 17.8. The standard InChI is InChI=1S/C25H39NO4/c1-4-7-10-12-17-28-20-14-15-21-22(19-20)26-25(27)24(30-16-9-6-3)23(21)29-18-13-11-8-5-2/h14-15,19H,4-13,16-18H2,1-3H3,(H,26,27). The Balaban J connectivity index is 2.19. The molecule has 0 fully saturated rings. The number of benzene rings is 1. The summed E-state index contributed by atoms with van der Waals surface area (Å²) in [6, 6.07) is 5.79. The smallest absolute Gasteiger partial charge is 0.294 e. The lowest BCUT2D eigenvalue weighted by Gasteiger charge is -2.15. The van der Waals surface area contributed by atoms with Gasteiger partial charge in [0.05, 0.1) is 25.3 Å². The molecule has 5 nitrogen and oxygen atoms in total. The fourth-order valence-corrected chi connectivity index (χ4v) is 3.33. The number of hydrogen-bond acceptors (Lipinski definition) is 4. The van der Waals surface area contributed by atoms with Crippen molar-refractivity contribution in [2.75, 3.05) is 19.8 Å². The molecule has 0 aliphatic heterocycles. The molecule has 0 radical (unpaired) electrons. The van der Waals surface area contributed by atoms with Crippen LogP contribution in [0.5, 0.6) is 17.2 Å². The highest BCUT2D eigenvalue weighted by atomic mass is 16.5. The number of ether oxygens (including phenoxy) is 3. The van der Waals surface area contributed by atoms with Gasteiger partial charge in [-0.2, -0.15) is 0 Å². The first-order valence-corrected chi connectivity index (χ1v) is 11.8. The van der Waals surface area contributed by atoms with Crippen molar-refractivity contribution in [1.82, 2.24) is 4.98 Å². The van der Waals surface area contributed by atoms with E-state index in [9.17, 15) is 4.79 Å². The van der Waals surface area contributed by atoms with Gasteiger partial charge < -0.3 is 19.2 Å². The van der Waals surface area contributed by atoms with Crippen molar-refractivity contribution in [3.05, 3.63) is 28.6 Å². The number of aromatic nitrogens is 1. The number of fused-ring (bicyclic) bond motifs is 1. The maximum absolute atomic E-state index is 12.7. The molecule has 168 valence electrons. The van der Waals surface area contributed by atoms with Gasteiger partial charge in [0.25, 0.3) is 5.56 Å². The molecule has 0 atom stereocenters. The number of unbranched alkanes of at least 4 members (excludes halogenated alkanes) is 7. The second-order valence-electron chi connectivity index (χ2n) is 7.84. The molecule has 1 heterocycles. The highest BCUT2D eigenvalue weighted by Gasteiger charge is 2.16. The molecule has 1 N–H and O–H groups in total. The number of H-pyrrole nitrogens is 1. The molecule has 0 unspecified atom stereocenters. The molecule has 30 heavy (non-hydrogen) atoms. The van der Waals surface area contributed by atoms with Crippen molar-refractivity contribution in [1.29, 1.82) is 0 Å². The topological polar surface area (TPSA) is 60.6 Å². The molecule has 0 amide bonds. The Labute approximate surface area is 181 Å². The van der Waals surface area contributed by atoms with Crippen LogP contribution >= 0.6 is 0 Å². The lowest BCUT2D eigenvalue weighted by molar-refractivity contribution is 0.260. The lowest BCUT2D eigenvalue weighted by atomic mass is 10.1. The second kappa shape index (κ2) is 13.9. The van der Waals surface area contributed by atoms with Crippen LogP contribution in [0.4, 0.5) is 0 Å². The van der Waals surface area contributed by atoms with Crippen LogP contribution in [-0.4, -0.2) is 24.8 Å². The molecule has 0 saturated carbocycles. The fourth-order valence-electron chi connectivity index (χ4n) is 3.33. The summed E-state index contributed by atoms with van der Waals surface area (Å²) in [7, 11) is 0. The summed E-state index contributed by atoms with van der Waals surface area (Å²) in [4.78, 5) is 15.7. The zero-order valence-corrected chi connectivity index (χ0v) is 19.1. The van der Waals surface area contributed by atoms with Gasteiger partial charge in [0.15, 0.2) is 5.75 Å². The molecule has 1 aromatic carbocycles. The Bertz CT molecular complexity index is 800. The van der Waals surface area contributed by atoms with Crippen LogP contribution in [0, 0.1) is 0 Å². The number of rotatable bonds is 16. The summed E-state index contributed by atoms with van der Waals surface area (Å²) >= 11 is 0. The van der Waals surface area contributed by atoms with Crippen LogP contribution in [0.3, 0.4) is 0 Å². The van der Waals surface area contributed by atoms with E-state index in [1.165, 1.54) is 32.1 Å². The average molecular weight is 418 g/mol. The third kappa shape index (κ3) is 7.58. The van der Waals surface area contributed by atoms with Gasteiger partial charge in [0.2, 0.25) is 5.75 Å². The zero-order chi connectivity index (χ0) is 21.6. The minimum Gasteiger partial charge on any atom is -0.494 e. The van der Waals surface area contributed by atoms with Crippen molar-refractivity contribution in [3.63, 3.8) is 0 Å². The predicted octanol–water partition coefficient (Wildman–Crippen LogP) is 6.63. The van der Waals surface area contributed by atoms with E-state index in [1.807, 2.05) is 18.2 Å². The molecule has 5 heteroatoms. The second-order valence-corrected chi connectivity index (χ2v) is 7.84. The molecule has 0 bridgehead atoms. The van der Waals surface area contributed by atoms with E-state index in [0.29, 0.717) is 31.3 Å². The minimum atomic E-state index is -0.248. The number of nitrogens with one attached hydrogen (secondary N) is 1. The largest absolute Gasteiger partial charge is 0.494 e. The summed E-state index contributed by atoms with van der Waals surface area (Å²) in [5.41, 5.74) is 0.472. The van der Waals surface area contributed by atoms with Crippen molar-refractivity contribution in [2.24, 2.45) is 0 Å². The third-order valence-corrected chi connectivity index (χ3v) is 5.15. The van der Waals surface area contributed by atoms with Crippen molar-refractivity contribution >= 4 is 10.9 Å². The van der Waals surface area contributed by atoms with E-state index in [1.54, 1.807) is 0 Å². The van der Waals surface area contributed by atoms with Gasteiger partial charge >= 0.3 is 0 Å². The van der Waals surface area contributed by atoms with E-state index in [0.717, 1.165) is 48.8 Å². The van der Waals surface area contributed by atoms with Crippen LogP contribution in [0.15, 0.2) is 23.0 Å². The fraction of sp³-hybridized carbons (Fsp3) is 0.640. The normalized spacial score (nSPS) is 11.0. The highest BCUT2D eigenvalue weighted by Crippen LogP contribution is 2.33. The Morgan fingerprint density at radius 2 is 1.30 bits per heavy atom. The van der Waals surface area contributed by atoms with Crippen LogP contribution < -0.4 is 19.8 Å². The van der Waals surface area contributed by atoms with Crippen molar-refractivity contribution in [3.8, 4) is 17.2 Å². The first-order valence-electron chi connectivity index (χ1n) is 11.8. The van der Waals surface area contributed by atoms with Crippen LogP contribution in [-0.2, 0) is 0 Å². The van der Waals surface area contributed by atoms with Gasteiger partial charge in [0, 0.05) is 11.5 Å². The van der Waals surface area contributed by atoms with Crippen molar-refractivity contribution < 1.29 is 14.2 Å². The quantitative estimate of drug-likeness (QED) is 0.312. The van der Waals surface area contributed by atoms with E-state index < -0.39 is 0 Å². The Hall–Kier alpha value is -2.17. The average Bonchev–Trinajstić information content (AvgIpc) is 2.74. The number of hydrogen-bond donors (Lipinski definition) is 1. The van der Waals surface area contributed by atoms with Gasteiger partial charge in [-0.05, 0) is 31.4 Å². The molecule has 0 saturated heterocycles. The lowest BCUT2D eigenvalue weighted by Crippen LogP contribution is -2.15. The van der Waals surface area contributed by atoms with E-state index in [-0.39, 0.29) is 5.56 Å². The zero-order valence-electron chi connectivity index (χ0n) is 19.1. The Kier molecular flexibility index (Phi) is 11.2. The maximum Gasteiger partial charge on any atom is 0.294 e. The van der Waals surface area contributed by atoms with E-state index >= 15 is 0 Å². The minimum absolute atomic E-state index is 0.248. The molecule has 0 spiro atoms. The third-order valence-electron chi connectivity index (χ3n) is 5.15. The van der Waals surface area contributed by atoms with E-state index in [2.05, 4.69) is 25.8 Å². The monoisotopic (exact) mass is 417 g/mol. The molecule has 0 aliphatic rings. The maximum atomic E-state index is 12.7. The summed E-state index contributed by atoms with van der Waals surface area (Å²) in [5, 5.41) is 0.856. The van der Waals surface area contributed by atoms with Gasteiger partial charge in [-0.1, -0.05) is 65.7 Å². The Morgan fingerprint density at radius 3 is 1.97 bits per heavy atom. The SMILES string of the molecule is CCCCCCOc1ccc2c(OCCCCCC)c(OCCCC)c(=O)[nH]c2c1. The van der Waals surface area contributed by atoms with Gasteiger partial charge in [-0.3, -0.25) is 4.79 Å². The summed E-state index contributed by atoms with van der Waals surface area (Å²) in [5.74, 6) is 1.61. The van der Waals surface area contributed by atoms with E-state index in [4.69, 9.17) is 14.2 Å².